The third kappa shape index (κ3) is 4.95. The van der Waals surface area contributed by atoms with E-state index in [-0.39, 0.29) is 18.4 Å². The maximum atomic E-state index is 12.3. The van der Waals surface area contributed by atoms with Gasteiger partial charge in [0, 0.05) is 19.2 Å². The van der Waals surface area contributed by atoms with Gasteiger partial charge in [-0.05, 0) is 49.6 Å². The molecule has 2 amide bonds. The molecule has 0 bridgehead atoms. The quantitative estimate of drug-likeness (QED) is 0.913. The number of anilines is 1. The molecule has 0 saturated carbocycles. The number of amides is 2. The van der Waals surface area contributed by atoms with Gasteiger partial charge in [-0.2, -0.15) is 0 Å². The van der Waals surface area contributed by atoms with Crippen molar-refractivity contribution in [3.63, 3.8) is 0 Å². The summed E-state index contributed by atoms with van der Waals surface area (Å²) in [7, 11) is 0. The fourth-order valence-corrected chi connectivity index (χ4v) is 2.50. The Hall–Kier alpha value is -2.62. The first-order valence-corrected chi connectivity index (χ1v) is 8.03. The van der Waals surface area contributed by atoms with Crippen LogP contribution in [0.1, 0.15) is 29.2 Å². The second-order valence-corrected chi connectivity index (χ2v) is 6.21. The summed E-state index contributed by atoms with van der Waals surface area (Å²) in [5.74, 6) is -0.312. The lowest BCUT2D eigenvalue weighted by Crippen LogP contribution is -2.36. The minimum atomic E-state index is -0.193. The number of nitrogens with zero attached hydrogens (tertiary/aromatic N) is 1. The van der Waals surface area contributed by atoms with E-state index in [2.05, 4.69) is 5.32 Å². The van der Waals surface area contributed by atoms with Gasteiger partial charge in [-0.15, -0.1) is 0 Å². The molecule has 0 aliphatic carbocycles. The number of hydrogen-bond donors (Lipinski definition) is 1. The van der Waals surface area contributed by atoms with Crippen LogP contribution in [0.4, 0.5) is 5.69 Å². The lowest BCUT2D eigenvalue weighted by atomic mass is 10.1. The number of benzene rings is 2. The van der Waals surface area contributed by atoms with E-state index in [1.54, 1.807) is 4.90 Å². The molecule has 0 saturated heterocycles. The van der Waals surface area contributed by atoms with E-state index < -0.39 is 0 Å². The molecule has 1 N–H and O–H groups in total. The highest BCUT2D eigenvalue weighted by Crippen LogP contribution is 2.14. The summed E-state index contributed by atoms with van der Waals surface area (Å²) in [6.07, 6.45) is 0. The van der Waals surface area contributed by atoms with Gasteiger partial charge in [-0.3, -0.25) is 9.59 Å². The molecule has 24 heavy (non-hydrogen) atoms. The van der Waals surface area contributed by atoms with Crippen LogP contribution in [0.3, 0.4) is 0 Å². The van der Waals surface area contributed by atoms with Crippen LogP contribution in [0.15, 0.2) is 42.5 Å². The van der Waals surface area contributed by atoms with Gasteiger partial charge in [-0.25, -0.2) is 0 Å². The lowest BCUT2D eigenvalue weighted by Gasteiger charge is -2.21. The molecule has 4 heteroatoms. The number of hydrogen-bond acceptors (Lipinski definition) is 2. The molecule has 0 atom stereocenters. The van der Waals surface area contributed by atoms with Crippen molar-refractivity contribution in [2.24, 2.45) is 0 Å². The molecule has 0 heterocycles. The van der Waals surface area contributed by atoms with Crippen LogP contribution in [0, 0.1) is 20.8 Å². The van der Waals surface area contributed by atoms with Crippen LogP contribution >= 0.6 is 0 Å². The third-order valence-electron chi connectivity index (χ3n) is 4.03. The Labute approximate surface area is 143 Å². The highest BCUT2D eigenvalue weighted by atomic mass is 16.2. The van der Waals surface area contributed by atoms with Crippen LogP contribution in [-0.2, 0) is 16.1 Å². The number of carbonyl (C=O) groups excluding carboxylic acids is 2. The molecule has 126 valence electrons. The zero-order valence-corrected chi connectivity index (χ0v) is 14.7. The largest absolute Gasteiger partial charge is 0.329 e. The molecule has 2 aromatic rings. The molecule has 0 spiro atoms. The summed E-state index contributed by atoms with van der Waals surface area (Å²) >= 11 is 0. The number of nitrogens with one attached hydrogen (secondary N) is 1. The van der Waals surface area contributed by atoms with Crippen molar-refractivity contribution < 1.29 is 9.59 Å². The van der Waals surface area contributed by atoms with Crippen molar-refractivity contribution >= 4 is 17.5 Å². The molecule has 0 unspecified atom stereocenters. The smallest absolute Gasteiger partial charge is 0.244 e. The topological polar surface area (TPSA) is 49.4 Å². The molecule has 0 aliphatic heterocycles. The van der Waals surface area contributed by atoms with Gasteiger partial charge >= 0.3 is 0 Å². The first kappa shape index (κ1) is 17.7. The Morgan fingerprint density at radius 2 is 1.75 bits per heavy atom. The Balaban J connectivity index is 2.02. The van der Waals surface area contributed by atoms with Crippen molar-refractivity contribution in [1.82, 2.24) is 4.90 Å². The van der Waals surface area contributed by atoms with E-state index in [9.17, 15) is 9.59 Å². The van der Waals surface area contributed by atoms with E-state index in [1.807, 2.05) is 63.2 Å². The van der Waals surface area contributed by atoms with Crippen molar-refractivity contribution in [2.45, 2.75) is 34.2 Å². The molecule has 0 aromatic heterocycles. The Morgan fingerprint density at radius 1 is 1.00 bits per heavy atom. The average molecular weight is 324 g/mol. The Kier molecular flexibility index (Phi) is 5.74. The highest BCUT2D eigenvalue weighted by Gasteiger charge is 2.14. The number of rotatable bonds is 5. The molecule has 2 rings (SSSR count). The summed E-state index contributed by atoms with van der Waals surface area (Å²) in [4.78, 5) is 25.7. The van der Waals surface area contributed by atoms with E-state index in [0.717, 1.165) is 22.4 Å². The molecule has 0 fully saturated rings. The maximum absolute atomic E-state index is 12.3. The van der Waals surface area contributed by atoms with Crippen LogP contribution in [0.25, 0.3) is 0 Å². The monoisotopic (exact) mass is 324 g/mol. The predicted molar refractivity (Wildman–Crippen MR) is 96.8 cm³/mol. The van der Waals surface area contributed by atoms with Gasteiger partial charge in [0.05, 0.1) is 0 Å². The van der Waals surface area contributed by atoms with Crippen LogP contribution < -0.4 is 5.32 Å². The van der Waals surface area contributed by atoms with Crippen molar-refractivity contribution in [1.29, 1.82) is 0 Å². The zero-order chi connectivity index (χ0) is 17.7. The summed E-state index contributed by atoms with van der Waals surface area (Å²) < 4.78 is 0. The van der Waals surface area contributed by atoms with Crippen LogP contribution in [0.5, 0.6) is 0 Å². The fourth-order valence-electron chi connectivity index (χ4n) is 2.50. The third-order valence-corrected chi connectivity index (χ3v) is 4.03. The van der Waals surface area contributed by atoms with Gasteiger partial charge in [0.1, 0.15) is 6.54 Å². The molecular weight excluding hydrogens is 300 g/mol. The fraction of sp³-hybridized carbons (Fsp3) is 0.300. The SMILES string of the molecule is CC(=O)N(CC(=O)Nc1ccc(C)c(C)c1)Cc1cccc(C)c1. The molecule has 0 radical (unpaired) electrons. The van der Waals surface area contributed by atoms with E-state index in [4.69, 9.17) is 0 Å². The van der Waals surface area contributed by atoms with Crippen molar-refractivity contribution in [2.75, 3.05) is 11.9 Å². The Morgan fingerprint density at radius 3 is 2.38 bits per heavy atom. The first-order valence-electron chi connectivity index (χ1n) is 8.03. The average Bonchev–Trinajstić information content (AvgIpc) is 2.50. The van der Waals surface area contributed by atoms with Crippen LogP contribution in [0.2, 0.25) is 0 Å². The van der Waals surface area contributed by atoms with Gasteiger partial charge in [0.2, 0.25) is 11.8 Å². The van der Waals surface area contributed by atoms with E-state index >= 15 is 0 Å². The van der Waals surface area contributed by atoms with E-state index in [1.165, 1.54) is 12.5 Å². The second kappa shape index (κ2) is 7.77. The number of aryl methyl sites for hydroxylation is 3. The minimum Gasteiger partial charge on any atom is -0.329 e. The summed E-state index contributed by atoms with van der Waals surface area (Å²) in [5.41, 5.74) is 5.20. The minimum absolute atomic E-state index is 0.0379. The lowest BCUT2D eigenvalue weighted by molar-refractivity contribution is -0.133. The second-order valence-electron chi connectivity index (χ2n) is 6.21. The van der Waals surface area contributed by atoms with Crippen molar-refractivity contribution in [3.8, 4) is 0 Å². The van der Waals surface area contributed by atoms with Gasteiger partial charge < -0.3 is 10.2 Å². The molecule has 4 nitrogen and oxygen atoms in total. The molecule has 2 aromatic carbocycles. The van der Waals surface area contributed by atoms with Gasteiger partial charge in [0.15, 0.2) is 0 Å². The number of carbonyl (C=O) groups is 2. The highest BCUT2D eigenvalue weighted by molar-refractivity contribution is 5.94. The van der Waals surface area contributed by atoms with Crippen LogP contribution in [-0.4, -0.2) is 23.3 Å². The maximum Gasteiger partial charge on any atom is 0.244 e. The van der Waals surface area contributed by atoms with Gasteiger partial charge in [-0.1, -0.05) is 35.9 Å². The van der Waals surface area contributed by atoms with Crippen molar-refractivity contribution in [3.05, 3.63) is 64.7 Å². The normalized spacial score (nSPS) is 10.3. The molecule has 0 aliphatic rings. The molecular formula is C20H24N2O2. The van der Waals surface area contributed by atoms with Gasteiger partial charge in [0.25, 0.3) is 0 Å². The standard InChI is InChI=1S/C20H24N2O2/c1-14-6-5-7-18(10-14)12-22(17(4)23)13-20(24)21-19-9-8-15(2)16(3)11-19/h5-11H,12-13H2,1-4H3,(H,21,24). The summed E-state index contributed by atoms with van der Waals surface area (Å²) in [6.45, 7) is 7.99. The zero-order valence-electron chi connectivity index (χ0n) is 14.7. The first-order chi connectivity index (χ1) is 11.3. The van der Waals surface area contributed by atoms with E-state index in [0.29, 0.717) is 6.54 Å². The predicted octanol–water partition coefficient (Wildman–Crippen LogP) is 3.60. The summed E-state index contributed by atoms with van der Waals surface area (Å²) in [6, 6.07) is 13.7. The summed E-state index contributed by atoms with van der Waals surface area (Å²) in [5, 5.41) is 2.86. The Bertz CT molecular complexity index is 753.